The van der Waals surface area contributed by atoms with Gasteiger partial charge in [-0.2, -0.15) is 0 Å². The average molecular weight is 214 g/mol. The van der Waals surface area contributed by atoms with Crippen LogP contribution in [-0.2, 0) is 20.9 Å². The first-order chi connectivity index (χ1) is 5.17. The summed E-state index contributed by atoms with van der Waals surface area (Å²) in [7, 11) is -3.14. The van der Waals surface area contributed by atoms with Gasteiger partial charge in [0.15, 0.2) is 20.9 Å². The Morgan fingerprint density at radius 2 is 1.83 bits per heavy atom. The van der Waals surface area contributed by atoms with Gasteiger partial charge >= 0.3 is 0 Å². The molecule has 0 aliphatic carbocycles. The fraction of sp³-hybridized carbons (Fsp3) is 1.00. The number of sulfone groups is 1. The van der Waals surface area contributed by atoms with E-state index in [2.05, 4.69) is 0 Å². The van der Waals surface area contributed by atoms with Crippen molar-refractivity contribution >= 4 is 20.9 Å². The Bertz CT molecular complexity index is 265. The molecule has 0 fully saturated rings. The molecule has 0 heterocycles. The van der Waals surface area contributed by atoms with Gasteiger partial charge < -0.3 is 4.55 Å². The third-order valence-corrected chi connectivity index (χ3v) is 4.65. The van der Waals surface area contributed by atoms with Crippen molar-refractivity contribution in [1.82, 2.24) is 0 Å². The van der Waals surface area contributed by atoms with Crippen LogP contribution in [0.3, 0.4) is 0 Å². The van der Waals surface area contributed by atoms with Crippen LogP contribution in [0, 0.1) is 0 Å². The smallest absolute Gasteiger partial charge is 0.152 e. The molecule has 4 nitrogen and oxygen atoms in total. The first-order valence-electron chi connectivity index (χ1n) is 3.44. The third-order valence-electron chi connectivity index (χ3n) is 1.88. The van der Waals surface area contributed by atoms with Crippen molar-refractivity contribution < 1.29 is 17.2 Å². The molecule has 0 aromatic carbocycles. The lowest BCUT2D eigenvalue weighted by atomic mass is 10.1. The van der Waals surface area contributed by atoms with Gasteiger partial charge in [-0.3, -0.25) is 0 Å². The van der Waals surface area contributed by atoms with Crippen LogP contribution in [0.4, 0.5) is 0 Å². The van der Waals surface area contributed by atoms with E-state index < -0.39 is 25.7 Å². The minimum Gasteiger partial charge on any atom is -0.306 e. The average Bonchev–Trinajstić information content (AvgIpc) is 1.81. The molecule has 0 aromatic rings. The predicted molar refractivity (Wildman–Crippen MR) is 49.2 cm³/mol. The number of hydrogen-bond acceptors (Lipinski definition) is 3. The molecule has 0 spiro atoms. The summed E-state index contributed by atoms with van der Waals surface area (Å²) in [5.41, 5.74) is 0. The molecule has 0 saturated heterocycles. The highest BCUT2D eigenvalue weighted by atomic mass is 32.2. The molecule has 12 heavy (non-hydrogen) atoms. The molecular weight excluding hydrogens is 200 g/mol. The third kappa shape index (κ3) is 3.64. The summed E-state index contributed by atoms with van der Waals surface area (Å²) in [6.07, 6.45) is 1.34. The van der Waals surface area contributed by atoms with Gasteiger partial charge in [0.2, 0.25) is 0 Å². The Morgan fingerprint density at radius 1 is 1.42 bits per heavy atom. The molecule has 1 atom stereocenters. The zero-order valence-corrected chi connectivity index (χ0v) is 9.04. The number of rotatable bonds is 4. The van der Waals surface area contributed by atoms with Crippen LogP contribution >= 0.6 is 0 Å². The van der Waals surface area contributed by atoms with E-state index in [0.29, 0.717) is 0 Å². The molecule has 0 aliphatic rings. The lowest BCUT2D eigenvalue weighted by molar-refractivity contribution is 0.532. The van der Waals surface area contributed by atoms with Crippen LogP contribution in [0.1, 0.15) is 20.3 Å². The predicted octanol–water partition coefficient (Wildman–Crippen LogP) is 0.421. The van der Waals surface area contributed by atoms with Crippen molar-refractivity contribution in [2.24, 2.45) is 0 Å². The van der Waals surface area contributed by atoms with Crippen LogP contribution in [0.25, 0.3) is 0 Å². The second-order valence-electron chi connectivity index (χ2n) is 3.31. The topological polar surface area (TPSA) is 71.4 Å². The van der Waals surface area contributed by atoms with E-state index in [1.165, 1.54) is 0 Å². The van der Waals surface area contributed by atoms with Gasteiger partial charge in [0, 0.05) is 6.26 Å². The molecule has 0 rings (SSSR count). The Balaban J connectivity index is 4.35. The first-order valence-corrected chi connectivity index (χ1v) is 6.60. The van der Waals surface area contributed by atoms with Crippen LogP contribution in [0.5, 0.6) is 0 Å². The van der Waals surface area contributed by atoms with Crippen molar-refractivity contribution in [3.8, 4) is 0 Å². The van der Waals surface area contributed by atoms with Crippen molar-refractivity contribution in [2.45, 2.75) is 25.0 Å². The summed E-state index contributed by atoms with van der Waals surface area (Å²) in [6, 6.07) is 0. The maximum Gasteiger partial charge on any atom is 0.152 e. The number of hydrogen-bond donors (Lipinski definition) is 1. The van der Waals surface area contributed by atoms with E-state index in [9.17, 15) is 12.6 Å². The fourth-order valence-electron chi connectivity index (χ4n) is 0.518. The van der Waals surface area contributed by atoms with E-state index in [1.54, 1.807) is 13.8 Å². The first kappa shape index (κ1) is 12.1. The van der Waals surface area contributed by atoms with Crippen LogP contribution in [0.2, 0.25) is 0 Å². The van der Waals surface area contributed by atoms with Gasteiger partial charge in [0.25, 0.3) is 0 Å². The van der Waals surface area contributed by atoms with E-state index >= 15 is 0 Å². The highest BCUT2D eigenvalue weighted by Crippen LogP contribution is 2.19. The molecule has 0 aliphatic heterocycles. The molecule has 1 unspecified atom stereocenters. The Morgan fingerprint density at radius 3 is 2.08 bits per heavy atom. The van der Waals surface area contributed by atoms with Crippen LogP contribution < -0.4 is 0 Å². The molecule has 0 amide bonds. The zero-order valence-electron chi connectivity index (χ0n) is 7.40. The van der Waals surface area contributed by atoms with Gasteiger partial charge in [-0.1, -0.05) is 0 Å². The molecule has 0 aromatic heterocycles. The highest BCUT2D eigenvalue weighted by molar-refractivity contribution is 7.92. The van der Waals surface area contributed by atoms with Crippen molar-refractivity contribution in [3.63, 3.8) is 0 Å². The molecule has 0 saturated carbocycles. The lowest BCUT2D eigenvalue weighted by Gasteiger charge is -2.20. The SMILES string of the molecule is CC(C)(CCS(=O)O)S(C)(=O)=O. The van der Waals surface area contributed by atoms with E-state index in [4.69, 9.17) is 4.55 Å². The second-order valence-corrected chi connectivity index (χ2v) is 7.01. The van der Waals surface area contributed by atoms with E-state index in [0.717, 1.165) is 6.26 Å². The summed E-state index contributed by atoms with van der Waals surface area (Å²) in [5, 5.41) is 0. The zero-order chi connectivity index (χ0) is 9.99. The molecule has 74 valence electrons. The highest BCUT2D eigenvalue weighted by Gasteiger charge is 2.29. The quantitative estimate of drug-likeness (QED) is 0.688. The fourth-order valence-corrected chi connectivity index (χ4v) is 1.81. The van der Waals surface area contributed by atoms with E-state index in [1.807, 2.05) is 0 Å². The van der Waals surface area contributed by atoms with Gasteiger partial charge in [-0.25, -0.2) is 12.6 Å². The summed E-state index contributed by atoms with van der Waals surface area (Å²) in [4.78, 5) is 0. The summed E-state index contributed by atoms with van der Waals surface area (Å²) >= 11 is -1.91. The van der Waals surface area contributed by atoms with Crippen LogP contribution in [0.15, 0.2) is 0 Å². The maximum absolute atomic E-state index is 11.1. The largest absolute Gasteiger partial charge is 0.306 e. The Labute approximate surface area is 75.6 Å². The molecule has 1 N–H and O–H groups in total. The van der Waals surface area contributed by atoms with Gasteiger partial charge in [0.05, 0.1) is 10.5 Å². The van der Waals surface area contributed by atoms with Crippen molar-refractivity contribution in [2.75, 3.05) is 12.0 Å². The van der Waals surface area contributed by atoms with Crippen molar-refractivity contribution in [3.05, 3.63) is 0 Å². The molecular formula is C6H14O4S2. The van der Waals surface area contributed by atoms with E-state index in [-0.39, 0.29) is 12.2 Å². The van der Waals surface area contributed by atoms with Gasteiger partial charge in [-0.15, -0.1) is 0 Å². The summed E-state index contributed by atoms with van der Waals surface area (Å²) in [5.74, 6) is 0.0000694. The Kier molecular flexibility index (Phi) is 3.87. The molecule has 6 heteroatoms. The van der Waals surface area contributed by atoms with Gasteiger partial charge in [-0.05, 0) is 20.3 Å². The van der Waals surface area contributed by atoms with Crippen LogP contribution in [-0.4, -0.2) is 33.9 Å². The van der Waals surface area contributed by atoms with Crippen molar-refractivity contribution in [1.29, 1.82) is 0 Å². The second kappa shape index (κ2) is 3.85. The maximum atomic E-state index is 11.1. The normalized spacial score (nSPS) is 16.0. The summed E-state index contributed by atoms with van der Waals surface area (Å²) in [6.45, 7) is 3.10. The minimum atomic E-state index is -3.14. The standard InChI is InChI=1S/C6H14O4S2/c1-6(2,12(3,9)10)4-5-11(7)8/h4-5H2,1-3H3,(H,7,8). The van der Waals surface area contributed by atoms with Gasteiger partial charge in [0.1, 0.15) is 0 Å². The Hall–Kier alpha value is 0.0600. The monoisotopic (exact) mass is 214 g/mol. The lowest BCUT2D eigenvalue weighted by Crippen LogP contribution is -2.32. The molecule has 0 bridgehead atoms. The summed E-state index contributed by atoms with van der Waals surface area (Å²) < 4.78 is 40.0. The minimum absolute atomic E-state index is 0.0000694. The molecule has 0 radical (unpaired) electrons.